The molecule has 0 aliphatic rings. The van der Waals surface area contributed by atoms with Crippen molar-refractivity contribution in [1.82, 2.24) is 20.2 Å². The van der Waals surface area contributed by atoms with Crippen molar-refractivity contribution in [3.63, 3.8) is 0 Å². The minimum absolute atomic E-state index is 0.177. The van der Waals surface area contributed by atoms with Crippen LogP contribution in [-0.4, -0.2) is 38.6 Å². The third-order valence-electron chi connectivity index (χ3n) is 2.10. The molecular formula is C8H17N7. The maximum absolute atomic E-state index is 7.20. The van der Waals surface area contributed by atoms with Crippen molar-refractivity contribution in [3.05, 3.63) is 0 Å². The number of rotatable bonds is 5. The molecule has 0 saturated heterocycles. The summed E-state index contributed by atoms with van der Waals surface area (Å²) in [4.78, 5) is 2.02. The first kappa shape index (κ1) is 11.4. The molecule has 1 rings (SSSR count). The third-order valence-corrected chi connectivity index (χ3v) is 2.10. The Balaban J connectivity index is 2.75. The number of nitrogens with two attached hydrogens (primary N) is 1. The van der Waals surface area contributed by atoms with Gasteiger partial charge in [-0.05, 0) is 24.3 Å². The number of nitrogens with zero attached hydrogens (tertiary/aromatic N) is 5. The predicted octanol–water partition coefficient (Wildman–Crippen LogP) is -0.249. The predicted molar refractivity (Wildman–Crippen MR) is 57.8 cm³/mol. The summed E-state index contributed by atoms with van der Waals surface area (Å²) in [6.45, 7) is 4.75. The van der Waals surface area contributed by atoms with Gasteiger partial charge in [-0.25, -0.2) is 4.68 Å². The minimum Gasteiger partial charge on any atom is -0.388 e. The molecule has 0 saturated carbocycles. The van der Waals surface area contributed by atoms with Gasteiger partial charge in [-0.2, -0.15) is 0 Å². The molecule has 0 radical (unpaired) electrons. The zero-order chi connectivity index (χ0) is 11.4. The molecule has 0 aliphatic carbocycles. The molecule has 1 aromatic rings. The van der Waals surface area contributed by atoms with Crippen molar-refractivity contribution in [3.8, 4) is 0 Å². The molecule has 0 aliphatic heterocycles. The first-order valence-electron chi connectivity index (χ1n) is 4.84. The van der Waals surface area contributed by atoms with Crippen molar-refractivity contribution in [1.29, 1.82) is 5.41 Å². The lowest BCUT2D eigenvalue weighted by molar-refractivity contribution is 0.630. The smallest absolute Gasteiger partial charge is 0.245 e. The molecule has 15 heavy (non-hydrogen) atoms. The molecule has 0 atom stereocenters. The highest BCUT2D eigenvalue weighted by atomic mass is 15.6. The summed E-state index contributed by atoms with van der Waals surface area (Å²) < 4.78 is 1.61. The van der Waals surface area contributed by atoms with Crippen LogP contribution in [0.1, 0.15) is 20.3 Å². The number of anilines is 1. The minimum atomic E-state index is 0.177. The van der Waals surface area contributed by atoms with Crippen molar-refractivity contribution >= 4 is 11.8 Å². The standard InChI is InChI=1S/C8H17N7/c1-6(2)15(5-4-7(9)10)8-11-12-13-14(8)3/h6H,4-5H2,1-3H3,(H3,9,10). The molecule has 0 bridgehead atoms. The van der Waals surface area contributed by atoms with E-state index in [0.29, 0.717) is 18.9 Å². The van der Waals surface area contributed by atoms with E-state index in [1.54, 1.807) is 11.7 Å². The fraction of sp³-hybridized carbons (Fsp3) is 0.750. The summed E-state index contributed by atoms with van der Waals surface area (Å²) in [6.07, 6.45) is 0.519. The zero-order valence-electron chi connectivity index (χ0n) is 9.30. The van der Waals surface area contributed by atoms with Gasteiger partial charge in [0.2, 0.25) is 5.95 Å². The average molecular weight is 211 g/mol. The molecule has 0 spiro atoms. The molecule has 84 valence electrons. The second-order valence-corrected chi connectivity index (χ2v) is 3.66. The first-order chi connectivity index (χ1) is 7.02. The number of tetrazole rings is 1. The molecule has 0 amide bonds. The van der Waals surface area contributed by atoms with Crippen LogP contribution >= 0.6 is 0 Å². The lowest BCUT2D eigenvalue weighted by Gasteiger charge is -2.26. The van der Waals surface area contributed by atoms with Gasteiger partial charge < -0.3 is 10.6 Å². The third kappa shape index (κ3) is 2.90. The lowest BCUT2D eigenvalue weighted by atomic mass is 10.3. The molecular weight excluding hydrogens is 194 g/mol. The number of aryl methyl sites for hydroxylation is 1. The quantitative estimate of drug-likeness (QED) is 0.517. The summed E-state index contributed by atoms with van der Waals surface area (Å²) in [5.74, 6) is 0.877. The van der Waals surface area contributed by atoms with Crippen molar-refractivity contribution < 1.29 is 0 Å². The second kappa shape index (κ2) is 4.72. The molecule has 7 nitrogen and oxygen atoms in total. The average Bonchev–Trinajstić information content (AvgIpc) is 2.51. The fourth-order valence-electron chi connectivity index (χ4n) is 1.30. The highest BCUT2D eigenvalue weighted by Crippen LogP contribution is 2.11. The van der Waals surface area contributed by atoms with E-state index < -0.39 is 0 Å². The fourth-order valence-corrected chi connectivity index (χ4v) is 1.30. The van der Waals surface area contributed by atoms with Gasteiger partial charge in [0.05, 0.1) is 5.84 Å². The Morgan fingerprint density at radius 1 is 1.60 bits per heavy atom. The normalized spacial score (nSPS) is 10.7. The van der Waals surface area contributed by atoms with Gasteiger partial charge in [0.1, 0.15) is 0 Å². The highest BCUT2D eigenvalue weighted by molar-refractivity contribution is 5.77. The zero-order valence-corrected chi connectivity index (χ0v) is 9.30. The van der Waals surface area contributed by atoms with E-state index in [0.717, 1.165) is 0 Å². The van der Waals surface area contributed by atoms with Crippen LogP contribution in [-0.2, 0) is 7.05 Å². The maximum Gasteiger partial charge on any atom is 0.245 e. The topological polar surface area (TPSA) is 96.7 Å². The van der Waals surface area contributed by atoms with Crippen molar-refractivity contribution in [2.45, 2.75) is 26.3 Å². The summed E-state index contributed by atoms with van der Waals surface area (Å²) in [5.41, 5.74) is 5.33. The summed E-state index contributed by atoms with van der Waals surface area (Å²) >= 11 is 0. The Morgan fingerprint density at radius 3 is 2.67 bits per heavy atom. The Kier molecular flexibility index (Phi) is 3.59. The van der Waals surface area contributed by atoms with E-state index in [2.05, 4.69) is 29.4 Å². The number of nitrogens with one attached hydrogen (secondary N) is 1. The number of aromatic nitrogens is 4. The SMILES string of the molecule is CC(C)N(CCC(=N)N)c1nnnn1C. The van der Waals surface area contributed by atoms with Crippen LogP contribution in [0.2, 0.25) is 0 Å². The van der Waals surface area contributed by atoms with Gasteiger partial charge >= 0.3 is 0 Å². The van der Waals surface area contributed by atoms with Gasteiger partial charge in [0.25, 0.3) is 0 Å². The lowest BCUT2D eigenvalue weighted by Crippen LogP contribution is -2.35. The maximum atomic E-state index is 7.20. The van der Waals surface area contributed by atoms with Crippen LogP contribution in [0.3, 0.4) is 0 Å². The number of hydrogen-bond donors (Lipinski definition) is 2. The van der Waals surface area contributed by atoms with Crippen molar-refractivity contribution in [2.24, 2.45) is 12.8 Å². The van der Waals surface area contributed by atoms with Gasteiger partial charge in [-0.15, -0.1) is 0 Å². The van der Waals surface area contributed by atoms with E-state index >= 15 is 0 Å². The highest BCUT2D eigenvalue weighted by Gasteiger charge is 2.16. The molecule has 1 aromatic heterocycles. The van der Waals surface area contributed by atoms with Crippen LogP contribution in [0, 0.1) is 5.41 Å². The van der Waals surface area contributed by atoms with E-state index in [4.69, 9.17) is 11.1 Å². The Labute approximate surface area is 88.8 Å². The monoisotopic (exact) mass is 211 g/mol. The molecule has 0 unspecified atom stereocenters. The molecule has 3 N–H and O–H groups in total. The Bertz CT molecular complexity index is 329. The van der Waals surface area contributed by atoms with Crippen LogP contribution in [0.25, 0.3) is 0 Å². The molecule has 1 heterocycles. The van der Waals surface area contributed by atoms with E-state index in [9.17, 15) is 0 Å². The van der Waals surface area contributed by atoms with Gasteiger partial charge in [0, 0.05) is 26.1 Å². The van der Waals surface area contributed by atoms with E-state index in [1.165, 1.54) is 0 Å². The van der Waals surface area contributed by atoms with Gasteiger partial charge in [-0.1, -0.05) is 5.10 Å². The van der Waals surface area contributed by atoms with Crippen LogP contribution < -0.4 is 10.6 Å². The summed E-state index contributed by atoms with van der Waals surface area (Å²) in [6, 6.07) is 0.272. The van der Waals surface area contributed by atoms with Crippen molar-refractivity contribution in [2.75, 3.05) is 11.4 Å². The number of hydrogen-bond acceptors (Lipinski definition) is 5. The van der Waals surface area contributed by atoms with Gasteiger partial charge in [0.15, 0.2) is 0 Å². The largest absolute Gasteiger partial charge is 0.388 e. The summed E-state index contributed by atoms with van der Waals surface area (Å²) in [5, 5.41) is 18.5. The molecule has 0 fully saturated rings. The molecule has 7 heteroatoms. The van der Waals surface area contributed by atoms with Crippen LogP contribution in [0.5, 0.6) is 0 Å². The summed E-state index contributed by atoms with van der Waals surface area (Å²) in [7, 11) is 1.79. The van der Waals surface area contributed by atoms with Crippen LogP contribution in [0.15, 0.2) is 0 Å². The first-order valence-corrected chi connectivity index (χ1v) is 4.84. The Hall–Kier alpha value is -1.66. The number of amidine groups is 1. The Morgan fingerprint density at radius 2 is 2.27 bits per heavy atom. The second-order valence-electron chi connectivity index (χ2n) is 3.66. The molecule has 0 aromatic carbocycles. The van der Waals surface area contributed by atoms with E-state index in [-0.39, 0.29) is 11.9 Å². The van der Waals surface area contributed by atoms with Crippen LogP contribution in [0.4, 0.5) is 5.95 Å². The van der Waals surface area contributed by atoms with E-state index in [1.807, 2.05) is 4.90 Å². The van der Waals surface area contributed by atoms with Gasteiger partial charge in [-0.3, -0.25) is 5.41 Å².